The molecule has 0 spiro atoms. The Morgan fingerprint density at radius 1 is 1.24 bits per heavy atom. The summed E-state index contributed by atoms with van der Waals surface area (Å²) in [5, 5.41) is 22.5. The molecule has 1 unspecified atom stereocenters. The molecule has 1 fully saturated rings. The lowest BCUT2D eigenvalue weighted by atomic mass is 9.69. The van der Waals surface area contributed by atoms with Gasteiger partial charge in [-0.15, -0.1) is 13.2 Å². The van der Waals surface area contributed by atoms with Crippen molar-refractivity contribution in [2.75, 3.05) is 11.9 Å². The van der Waals surface area contributed by atoms with Crippen molar-refractivity contribution in [3.05, 3.63) is 48.0 Å². The van der Waals surface area contributed by atoms with Gasteiger partial charge >= 0.3 is 12.3 Å². The zero-order valence-electron chi connectivity index (χ0n) is 18.8. The second-order valence-corrected chi connectivity index (χ2v) is 9.38. The smallest absolute Gasteiger partial charge is 0.478 e. The van der Waals surface area contributed by atoms with E-state index in [1.165, 1.54) is 36.4 Å². The number of imidazole rings is 1. The van der Waals surface area contributed by atoms with Crippen LogP contribution < -0.4 is 10.1 Å². The van der Waals surface area contributed by atoms with Gasteiger partial charge in [0.1, 0.15) is 5.75 Å². The Hall–Kier alpha value is -3.27. The first-order valence-electron chi connectivity index (χ1n) is 11.0. The summed E-state index contributed by atoms with van der Waals surface area (Å²) in [5.74, 6) is -0.609. The van der Waals surface area contributed by atoms with Crippen molar-refractivity contribution in [2.45, 2.75) is 45.5 Å². The van der Waals surface area contributed by atoms with Gasteiger partial charge < -0.3 is 24.8 Å². The maximum Gasteiger partial charge on any atom is 0.573 e. The van der Waals surface area contributed by atoms with E-state index in [1.807, 2.05) is 11.5 Å². The van der Waals surface area contributed by atoms with Gasteiger partial charge in [0, 0.05) is 18.3 Å². The minimum atomic E-state index is -4.78. The number of nitrogens with one attached hydrogen (secondary N) is 1. The third-order valence-corrected chi connectivity index (χ3v) is 6.27. The normalized spacial score (nSPS) is 23.1. The van der Waals surface area contributed by atoms with E-state index < -0.39 is 12.3 Å². The Balaban J connectivity index is 1.74. The molecule has 4 rings (SSSR count). The number of aliphatic hydroxyl groups excluding tert-OH is 1. The lowest BCUT2D eigenvalue weighted by molar-refractivity contribution is -0.274. The molecule has 3 atom stereocenters. The fourth-order valence-corrected chi connectivity index (χ4v) is 5.01. The SMILES string of the molecule is C[C@H]1C[C@@H](n2c(Nc3ccc(OC(F)(F)F)cc3)nc3cc(C(=O)O)ccc32)CC(C)(CO)C1. The average Bonchev–Trinajstić information content (AvgIpc) is 3.10. The van der Waals surface area contributed by atoms with E-state index in [9.17, 15) is 28.2 Å². The number of halogens is 3. The van der Waals surface area contributed by atoms with Gasteiger partial charge in [-0.1, -0.05) is 13.8 Å². The van der Waals surface area contributed by atoms with E-state index in [0.29, 0.717) is 29.5 Å². The Bertz CT molecular complexity index is 1190. The highest BCUT2D eigenvalue weighted by molar-refractivity contribution is 5.93. The predicted molar refractivity (Wildman–Crippen MR) is 120 cm³/mol. The molecule has 10 heteroatoms. The number of rotatable bonds is 6. The first-order chi connectivity index (χ1) is 16.0. The Morgan fingerprint density at radius 3 is 2.56 bits per heavy atom. The zero-order valence-corrected chi connectivity index (χ0v) is 18.8. The standard InChI is InChI=1S/C24H26F3N3O4/c1-14-9-17(12-23(2,11-14)13-31)30-20-8-3-15(21(32)33)10-19(20)29-22(30)28-16-4-6-18(7-5-16)34-24(25,26)27/h3-8,10,14,17,31H,9,11-13H2,1-2H3,(H,28,29)(H,32,33)/t14-,17+,23?/m0/s1. The number of nitrogens with zero attached hydrogens (tertiary/aromatic N) is 2. The Kier molecular flexibility index (Phi) is 6.20. The maximum absolute atomic E-state index is 12.5. The molecule has 0 amide bonds. The first kappa shape index (κ1) is 23.9. The number of benzene rings is 2. The molecule has 0 radical (unpaired) electrons. The van der Waals surface area contributed by atoms with Crippen LogP contribution >= 0.6 is 0 Å². The second kappa shape index (κ2) is 8.83. The van der Waals surface area contributed by atoms with Crippen molar-refractivity contribution in [3.63, 3.8) is 0 Å². The van der Waals surface area contributed by atoms with Crippen LogP contribution in [0.3, 0.4) is 0 Å². The van der Waals surface area contributed by atoms with Crippen molar-refractivity contribution in [1.29, 1.82) is 0 Å². The van der Waals surface area contributed by atoms with Crippen LogP contribution in [-0.2, 0) is 0 Å². The molecule has 3 N–H and O–H groups in total. The molecule has 1 aliphatic carbocycles. The van der Waals surface area contributed by atoms with E-state index in [1.54, 1.807) is 6.07 Å². The molecule has 0 aliphatic heterocycles. The number of hydrogen-bond acceptors (Lipinski definition) is 5. The molecular weight excluding hydrogens is 451 g/mol. The number of hydrogen-bond donors (Lipinski definition) is 3. The fourth-order valence-electron chi connectivity index (χ4n) is 5.01. The van der Waals surface area contributed by atoms with E-state index in [2.05, 4.69) is 22.0 Å². The number of ether oxygens (including phenoxy) is 1. The zero-order chi connectivity index (χ0) is 24.7. The summed E-state index contributed by atoms with van der Waals surface area (Å²) >= 11 is 0. The summed E-state index contributed by atoms with van der Waals surface area (Å²) in [6, 6.07) is 10.0. The van der Waals surface area contributed by atoms with E-state index >= 15 is 0 Å². The molecule has 1 aliphatic rings. The van der Waals surface area contributed by atoms with E-state index in [0.717, 1.165) is 18.4 Å². The molecule has 3 aromatic rings. The number of carboxylic acids is 1. The summed E-state index contributed by atoms with van der Waals surface area (Å²) in [5.41, 5.74) is 1.56. The monoisotopic (exact) mass is 477 g/mol. The van der Waals surface area contributed by atoms with Gasteiger partial charge in [0.05, 0.1) is 16.6 Å². The van der Waals surface area contributed by atoms with E-state index in [-0.39, 0.29) is 29.4 Å². The molecule has 0 saturated heterocycles. The van der Waals surface area contributed by atoms with Crippen LogP contribution in [0, 0.1) is 11.3 Å². The number of carboxylic acid groups (broad SMARTS) is 1. The van der Waals surface area contributed by atoms with Crippen LogP contribution in [0.1, 0.15) is 49.5 Å². The summed E-state index contributed by atoms with van der Waals surface area (Å²) in [4.78, 5) is 16.1. The molecular formula is C24H26F3N3O4. The largest absolute Gasteiger partial charge is 0.573 e. The Morgan fingerprint density at radius 2 is 1.94 bits per heavy atom. The van der Waals surface area contributed by atoms with Crippen molar-refractivity contribution < 1.29 is 32.9 Å². The molecule has 7 nitrogen and oxygen atoms in total. The predicted octanol–water partition coefficient (Wildman–Crippen LogP) is 5.74. The number of aromatic carboxylic acids is 1. The van der Waals surface area contributed by atoms with Crippen LogP contribution in [0.25, 0.3) is 11.0 Å². The van der Waals surface area contributed by atoms with E-state index in [4.69, 9.17) is 0 Å². The fraction of sp³-hybridized carbons (Fsp3) is 0.417. The van der Waals surface area contributed by atoms with Gasteiger partial charge in [-0.25, -0.2) is 9.78 Å². The first-order valence-corrected chi connectivity index (χ1v) is 11.0. The van der Waals surface area contributed by atoms with Crippen molar-refractivity contribution in [3.8, 4) is 5.75 Å². The highest BCUT2D eigenvalue weighted by Crippen LogP contribution is 2.46. The molecule has 182 valence electrons. The van der Waals surface area contributed by atoms with Crippen molar-refractivity contribution in [2.24, 2.45) is 11.3 Å². The summed E-state index contributed by atoms with van der Waals surface area (Å²) < 4.78 is 43.3. The molecule has 0 bridgehead atoms. The summed E-state index contributed by atoms with van der Waals surface area (Å²) in [6.07, 6.45) is -2.34. The van der Waals surface area contributed by atoms with Crippen LogP contribution in [0.4, 0.5) is 24.8 Å². The lowest BCUT2D eigenvalue weighted by Gasteiger charge is -2.41. The minimum absolute atomic E-state index is 0.0167. The van der Waals surface area contributed by atoms with Crippen molar-refractivity contribution in [1.82, 2.24) is 9.55 Å². The number of aliphatic hydroxyl groups is 1. The minimum Gasteiger partial charge on any atom is -0.478 e. The van der Waals surface area contributed by atoms with Crippen molar-refractivity contribution >= 4 is 28.6 Å². The van der Waals surface area contributed by atoms with Crippen LogP contribution in [-0.4, -0.2) is 38.7 Å². The number of aromatic nitrogens is 2. The Labute approximate surface area is 194 Å². The number of alkyl halides is 3. The van der Waals surface area contributed by atoms with Crippen LogP contribution in [0.2, 0.25) is 0 Å². The molecule has 1 heterocycles. The molecule has 1 aromatic heterocycles. The molecule has 1 saturated carbocycles. The van der Waals surface area contributed by atoms with Gasteiger partial charge in [-0.2, -0.15) is 0 Å². The van der Waals surface area contributed by atoms with Gasteiger partial charge in [-0.05, 0) is 73.1 Å². The molecule has 2 aromatic carbocycles. The van der Waals surface area contributed by atoms with Crippen LogP contribution in [0.15, 0.2) is 42.5 Å². The third kappa shape index (κ3) is 5.11. The topological polar surface area (TPSA) is 96.6 Å². The van der Waals surface area contributed by atoms with Crippen LogP contribution in [0.5, 0.6) is 5.75 Å². The lowest BCUT2D eigenvalue weighted by Crippen LogP contribution is -2.34. The van der Waals surface area contributed by atoms with Gasteiger partial charge in [0.15, 0.2) is 0 Å². The summed E-state index contributed by atoms with van der Waals surface area (Å²) in [7, 11) is 0. The van der Waals surface area contributed by atoms with Gasteiger partial charge in [0.25, 0.3) is 0 Å². The quantitative estimate of drug-likeness (QED) is 0.419. The summed E-state index contributed by atoms with van der Waals surface area (Å²) in [6.45, 7) is 4.23. The number of carbonyl (C=O) groups is 1. The number of anilines is 2. The highest BCUT2D eigenvalue weighted by Gasteiger charge is 2.37. The second-order valence-electron chi connectivity index (χ2n) is 9.38. The maximum atomic E-state index is 12.5. The molecule has 34 heavy (non-hydrogen) atoms. The van der Waals surface area contributed by atoms with Gasteiger partial charge in [0.2, 0.25) is 5.95 Å². The average molecular weight is 477 g/mol. The third-order valence-electron chi connectivity index (χ3n) is 6.27. The number of fused-ring (bicyclic) bond motifs is 1. The van der Waals surface area contributed by atoms with Gasteiger partial charge in [-0.3, -0.25) is 0 Å². The highest BCUT2D eigenvalue weighted by atomic mass is 19.4.